The van der Waals surface area contributed by atoms with Gasteiger partial charge >= 0.3 is 5.69 Å². The molecule has 1 aromatic carbocycles. The molecule has 0 fully saturated rings. The van der Waals surface area contributed by atoms with Gasteiger partial charge in [0.2, 0.25) is 5.78 Å². The average molecular weight is 397 g/mol. The lowest BCUT2D eigenvalue weighted by molar-refractivity contribution is 0.103. The molecule has 0 aliphatic carbocycles. The van der Waals surface area contributed by atoms with Crippen molar-refractivity contribution in [2.24, 2.45) is 14.1 Å². The minimum Gasteiger partial charge on any atom is -0.493 e. The summed E-state index contributed by atoms with van der Waals surface area (Å²) in [7, 11) is 5.81. The highest BCUT2D eigenvalue weighted by Gasteiger charge is 2.23. The summed E-state index contributed by atoms with van der Waals surface area (Å²) in [5.41, 5.74) is -0.581. The van der Waals surface area contributed by atoms with E-state index in [1.165, 1.54) is 38.9 Å². The van der Waals surface area contributed by atoms with Crippen molar-refractivity contribution < 1.29 is 14.3 Å². The van der Waals surface area contributed by atoms with Gasteiger partial charge in [0, 0.05) is 30.7 Å². The minimum absolute atomic E-state index is 0.0521. The van der Waals surface area contributed by atoms with Crippen LogP contribution in [0.25, 0.3) is 0 Å². The van der Waals surface area contributed by atoms with E-state index in [1.807, 2.05) is 0 Å². The first-order valence-electron chi connectivity index (χ1n) is 6.98. The molecule has 7 nitrogen and oxygen atoms in total. The Morgan fingerprint density at radius 1 is 1.08 bits per heavy atom. The van der Waals surface area contributed by atoms with E-state index in [9.17, 15) is 14.4 Å². The fourth-order valence-corrected chi connectivity index (χ4v) is 3.05. The molecule has 0 bridgehead atoms. The summed E-state index contributed by atoms with van der Waals surface area (Å²) in [6, 6.07) is 4.64. The maximum Gasteiger partial charge on any atom is 0.330 e. The first kappa shape index (κ1) is 18.0. The third-order valence-corrected chi connectivity index (χ3v) is 4.32. The summed E-state index contributed by atoms with van der Waals surface area (Å²) in [6.07, 6.45) is 0. The van der Waals surface area contributed by atoms with E-state index >= 15 is 0 Å². The smallest absolute Gasteiger partial charge is 0.330 e. The third-order valence-electron chi connectivity index (χ3n) is 3.79. The molecule has 0 saturated carbocycles. The van der Waals surface area contributed by atoms with Gasteiger partial charge in [0.25, 0.3) is 5.56 Å². The second kappa shape index (κ2) is 7.04. The number of methoxy groups -OCH3 is 2. The molecular weight excluding hydrogens is 380 g/mol. The number of carbonyl (C=O) groups is 1. The SMILES string of the molecule is COc1ccc(C(=O)c2c(CBr)n(C)c(=O)n(C)c2=O)cc1OC. The fourth-order valence-electron chi connectivity index (χ4n) is 2.39. The van der Waals surface area contributed by atoms with Crippen LogP contribution in [0.1, 0.15) is 21.6 Å². The first-order valence-corrected chi connectivity index (χ1v) is 8.11. The molecule has 0 radical (unpaired) electrons. The van der Waals surface area contributed by atoms with Crippen molar-refractivity contribution in [3.05, 3.63) is 55.9 Å². The number of hydrogen-bond acceptors (Lipinski definition) is 5. The standard InChI is InChI=1S/C16H17BrN2O5/c1-18-10(8-17)13(15(21)19(2)16(18)22)14(20)9-5-6-11(23-3)12(7-9)24-4/h5-7H,8H2,1-4H3. The highest BCUT2D eigenvalue weighted by Crippen LogP contribution is 2.28. The number of nitrogens with zero attached hydrogens (tertiary/aromatic N) is 2. The summed E-state index contributed by atoms with van der Waals surface area (Å²) in [4.78, 5) is 37.4. The van der Waals surface area contributed by atoms with Crippen LogP contribution in [-0.2, 0) is 19.4 Å². The van der Waals surface area contributed by atoms with E-state index in [4.69, 9.17) is 9.47 Å². The summed E-state index contributed by atoms with van der Waals surface area (Å²) in [5, 5.41) is 0.198. The van der Waals surface area contributed by atoms with Gasteiger partial charge in [-0.1, -0.05) is 15.9 Å². The van der Waals surface area contributed by atoms with Crippen LogP contribution in [0.15, 0.2) is 27.8 Å². The van der Waals surface area contributed by atoms with E-state index in [0.717, 1.165) is 4.57 Å². The van der Waals surface area contributed by atoms with Gasteiger partial charge in [0.05, 0.1) is 14.2 Å². The largest absolute Gasteiger partial charge is 0.493 e. The Balaban J connectivity index is 2.71. The summed E-state index contributed by atoms with van der Waals surface area (Å²) in [6.45, 7) is 0. The van der Waals surface area contributed by atoms with Gasteiger partial charge in [-0.25, -0.2) is 4.79 Å². The summed E-state index contributed by atoms with van der Waals surface area (Å²) < 4.78 is 12.5. The molecule has 0 aliphatic rings. The maximum atomic E-state index is 12.9. The molecule has 0 saturated heterocycles. The van der Waals surface area contributed by atoms with E-state index in [0.29, 0.717) is 17.2 Å². The number of ether oxygens (including phenoxy) is 2. The number of aromatic nitrogens is 2. The molecule has 0 N–H and O–H groups in total. The predicted octanol–water partition coefficient (Wildman–Crippen LogP) is 1.23. The van der Waals surface area contributed by atoms with E-state index < -0.39 is 17.0 Å². The lowest BCUT2D eigenvalue weighted by Gasteiger charge is -2.13. The molecule has 2 rings (SSSR count). The minimum atomic E-state index is -0.632. The molecular formula is C16H17BrN2O5. The molecule has 2 aromatic rings. The summed E-state index contributed by atoms with van der Waals surface area (Å²) >= 11 is 3.24. The molecule has 0 atom stereocenters. The second-order valence-corrected chi connectivity index (χ2v) is 5.62. The molecule has 24 heavy (non-hydrogen) atoms. The second-order valence-electron chi connectivity index (χ2n) is 5.06. The average Bonchev–Trinajstić information content (AvgIpc) is 2.61. The molecule has 1 heterocycles. The van der Waals surface area contributed by atoms with Crippen LogP contribution in [0.2, 0.25) is 0 Å². The van der Waals surface area contributed by atoms with Crippen molar-refractivity contribution in [1.29, 1.82) is 0 Å². The zero-order valence-corrected chi connectivity index (χ0v) is 15.3. The number of alkyl halides is 1. The monoisotopic (exact) mass is 396 g/mol. The van der Waals surface area contributed by atoms with Crippen LogP contribution in [0, 0.1) is 0 Å². The van der Waals surface area contributed by atoms with Crippen LogP contribution in [0.4, 0.5) is 0 Å². The van der Waals surface area contributed by atoms with Crippen molar-refractivity contribution in [3.8, 4) is 11.5 Å². The lowest BCUT2D eigenvalue weighted by atomic mass is 10.0. The van der Waals surface area contributed by atoms with Crippen LogP contribution in [0.5, 0.6) is 11.5 Å². The first-order chi connectivity index (χ1) is 11.4. The van der Waals surface area contributed by atoms with Crippen LogP contribution in [0.3, 0.4) is 0 Å². The van der Waals surface area contributed by atoms with Crippen molar-refractivity contribution >= 4 is 21.7 Å². The Kier molecular flexibility index (Phi) is 5.28. The van der Waals surface area contributed by atoms with Gasteiger partial charge in [0.15, 0.2) is 11.5 Å². The number of benzene rings is 1. The van der Waals surface area contributed by atoms with Crippen LogP contribution < -0.4 is 20.7 Å². The zero-order chi connectivity index (χ0) is 18.0. The van der Waals surface area contributed by atoms with E-state index in [2.05, 4.69) is 15.9 Å². The molecule has 128 valence electrons. The molecule has 1 aromatic heterocycles. The molecule has 0 aliphatic heterocycles. The summed E-state index contributed by atoms with van der Waals surface area (Å²) in [5.74, 6) is 0.370. The Morgan fingerprint density at radius 2 is 1.71 bits per heavy atom. The number of halogens is 1. The maximum absolute atomic E-state index is 12.9. The zero-order valence-electron chi connectivity index (χ0n) is 13.8. The number of hydrogen-bond donors (Lipinski definition) is 0. The van der Waals surface area contributed by atoms with E-state index in [1.54, 1.807) is 12.1 Å². The van der Waals surface area contributed by atoms with Crippen molar-refractivity contribution in [1.82, 2.24) is 9.13 Å². The van der Waals surface area contributed by atoms with Crippen LogP contribution in [-0.4, -0.2) is 29.1 Å². The molecule has 0 spiro atoms. The normalized spacial score (nSPS) is 10.5. The van der Waals surface area contributed by atoms with Gasteiger partial charge in [0.1, 0.15) is 5.56 Å². The predicted molar refractivity (Wildman–Crippen MR) is 92.5 cm³/mol. The Morgan fingerprint density at radius 3 is 2.25 bits per heavy atom. The highest BCUT2D eigenvalue weighted by atomic mass is 79.9. The number of carbonyl (C=O) groups excluding carboxylic acids is 1. The molecule has 0 unspecified atom stereocenters. The highest BCUT2D eigenvalue weighted by molar-refractivity contribution is 9.08. The van der Waals surface area contributed by atoms with Crippen molar-refractivity contribution in [2.75, 3.05) is 14.2 Å². The van der Waals surface area contributed by atoms with Gasteiger partial charge < -0.3 is 9.47 Å². The van der Waals surface area contributed by atoms with E-state index in [-0.39, 0.29) is 16.5 Å². The Hall–Kier alpha value is -2.35. The van der Waals surface area contributed by atoms with Crippen LogP contribution >= 0.6 is 15.9 Å². The topological polar surface area (TPSA) is 79.5 Å². The molecule has 0 amide bonds. The van der Waals surface area contributed by atoms with Gasteiger partial charge in [-0.3, -0.25) is 18.7 Å². The van der Waals surface area contributed by atoms with Gasteiger partial charge in [-0.15, -0.1) is 0 Å². The van der Waals surface area contributed by atoms with Crippen molar-refractivity contribution in [2.45, 2.75) is 5.33 Å². The lowest BCUT2D eigenvalue weighted by Crippen LogP contribution is -2.42. The van der Waals surface area contributed by atoms with Gasteiger partial charge in [-0.05, 0) is 18.2 Å². The third kappa shape index (κ3) is 2.89. The number of rotatable bonds is 5. The van der Waals surface area contributed by atoms with Gasteiger partial charge in [-0.2, -0.15) is 0 Å². The van der Waals surface area contributed by atoms with Crippen molar-refractivity contribution in [3.63, 3.8) is 0 Å². The fraction of sp³-hybridized carbons (Fsp3) is 0.312. The quantitative estimate of drug-likeness (QED) is 0.560. The Labute approximate surface area is 146 Å². The number of ketones is 1. The molecule has 8 heteroatoms. The Bertz CT molecular complexity index is 914.